The summed E-state index contributed by atoms with van der Waals surface area (Å²) in [4.78, 5) is 16.3. The van der Waals surface area contributed by atoms with Crippen molar-refractivity contribution < 1.29 is 17.6 Å². The second-order valence-corrected chi connectivity index (χ2v) is 6.94. The molecule has 5 nitrogen and oxygen atoms in total. The molecule has 10 heteroatoms. The quantitative estimate of drug-likeness (QED) is 0.469. The van der Waals surface area contributed by atoms with Gasteiger partial charge in [-0.3, -0.25) is 9.48 Å². The zero-order valence-corrected chi connectivity index (χ0v) is 15.3. The van der Waals surface area contributed by atoms with Gasteiger partial charge in [0, 0.05) is 31.3 Å². The first-order valence-corrected chi connectivity index (χ1v) is 8.99. The highest BCUT2D eigenvalue weighted by Crippen LogP contribution is 2.35. The molecule has 0 spiro atoms. The number of rotatable bonds is 3. The Kier molecular flexibility index (Phi) is 4.37. The predicted molar refractivity (Wildman–Crippen MR) is 96.8 cm³/mol. The van der Waals surface area contributed by atoms with Gasteiger partial charge in [-0.2, -0.15) is 13.2 Å². The van der Waals surface area contributed by atoms with Crippen LogP contribution in [0.3, 0.4) is 0 Å². The van der Waals surface area contributed by atoms with Crippen LogP contribution in [0, 0.1) is 5.82 Å². The van der Waals surface area contributed by atoms with Gasteiger partial charge in [-0.15, -0.1) is 6.58 Å². The lowest BCUT2D eigenvalue weighted by Crippen LogP contribution is -2.27. The molecule has 0 aliphatic carbocycles. The molecular weight excluding hydrogens is 400 g/mol. The Morgan fingerprint density at radius 3 is 2.50 bits per heavy atom. The summed E-state index contributed by atoms with van der Waals surface area (Å²) in [7, 11) is 0. The van der Waals surface area contributed by atoms with E-state index in [-0.39, 0.29) is 33.9 Å². The number of allylic oxidation sites excluding steroid dienone is 1. The number of hydrogen-bond acceptors (Lipinski definition) is 2. The Hall–Kier alpha value is -2.55. The lowest BCUT2D eigenvalue weighted by molar-refractivity contribution is -0.146. The molecule has 0 fully saturated rings. The Balaban J connectivity index is 2.01. The smallest absolute Gasteiger partial charge is 0.316 e. The number of benzene rings is 1. The van der Waals surface area contributed by atoms with Crippen LogP contribution in [0.5, 0.6) is 0 Å². The molecule has 0 N–H and O–H groups in total. The molecule has 3 heterocycles. The van der Waals surface area contributed by atoms with Crippen LogP contribution >= 0.6 is 11.6 Å². The van der Waals surface area contributed by atoms with Crippen LogP contribution in [0.1, 0.15) is 18.7 Å². The normalized spacial score (nSPS) is 14.5. The van der Waals surface area contributed by atoms with Gasteiger partial charge in [-0.1, -0.05) is 17.7 Å². The van der Waals surface area contributed by atoms with E-state index in [2.05, 4.69) is 11.6 Å². The molecule has 4 rings (SSSR count). The van der Waals surface area contributed by atoms with Crippen molar-refractivity contribution in [1.29, 1.82) is 0 Å². The number of halogens is 5. The average molecular weight is 415 g/mol. The maximum atomic E-state index is 14.8. The first kappa shape index (κ1) is 18.8. The summed E-state index contributed by atoms with van der Waals surface area (Å²) in [5.41, 5.74) is -0.767. The minimum absolute atomic E-state index is 0.0493. The van der Waals surface area contributed by atoms with E-state index in [4.69, 9.17) is 11.6 Å². The summed E-state index contributed by atoms with van der Waals surface area (Å²) in [6.07, 6.45) is -1.80. The van der Waals surface area contributed by atoms with E-state index in [0.717, 1.165) is 23.5 Å². The topological polar surface area (TPSA) is 44.8 Å². The van der Waals surface area contributed by atoms with E-state index in [9.17, 15) is 22.4 Å². The number of nitrogens with zero attached hydrogens (tertiary/aromatic N) is 4. The zero-order chi connectivity index (χ0) is 20.2. The molecule has 1 aliphatic heterocycles. The van der Waals surface area contributed by atoms with Gasteiger partial charge in [0.2, 0.25) is 5.82 Å². The lowest BCUT2D eigenvalue weighted by Gasteiger charge is -2.17. The van der Waals surface area contributed by atoms with Gasteiger partial charge in [0.05, 0.1) is 16.6 Å². The van der Waals surface area contributed by atoms with E-state index >= 15 is 0 Å². The summed E-state index contributed by atoms with van der Waals surface area (Å²) < 4.78 is 58.7. The second kappa shape index (κ2) is 6.51. The summed E-state index contributed by atoms with van der Waals surface area (Å²) in [6.45, 7) is 4.27. The molecule has 0 unspecified atom stereocenters. The van der Waals surface area contributed by atoms with E-state index in [1.54, 1.807) is 4.68 Å². The van der Waals surface area contributed by atoms with Crippen molar-refractivity contribution in [2.75, 3.05) is 0 Å². The third-order valence-corrected chi connectivity index (χ3v) is 5.22. The van der Waals surface area contributed by atoms with Crippen molar-refractivity contribution in [3.63, 3.8) is 0 Å². The molecule has 0 saturated heterocycles. The maximum absolute atomic E-state index is 14.8. The first-order valence-electron chi connectivity index (χ1n) is 8.61. The van der Waals surface area contributed by atoms with Gasteiger partial charge in [-0.05, 0) is 18.9 Å². The molecule has 0 amide bonds. The number of aromatic nitrogens is 4. The predicted octanol–water partition coefficient (Wildman–Crippen LogP) is 4.46. The van der Waals surface area contributed by atoms with Gasteiger partial charge in [0.15, 0.2) is 0 Å². The standard InChI is InChI=1S/C18H15ClF4N4O/c1-2-5-25-13-8-10(11(20)9-12(13)24-17(25)18(21,22)23)14-15(19)26-6-3-4-7-27(26)16(14)28/h2,8-9H,1,3-7H2. The van der Waals surface area contributed by atoms with Crippen molar-refractivity contribution in [3.8, 4) is 11.1 Å². The number of imidazole rings is 1. The van der Waals surface area contributed by atoms with Crippen molar-refractivity contribution in [1.82, 2.24) is 18.9 Å². The van der Waals surface area contributed by atoms with Crippen LogP contribution in [-0.2, 0) is 25.8 Å². The van der Waals surface area contributed by atoms with Gasteiger partial charge >= 0.3 is 6.18 Å². The fourth-order valence-electron chi connectivity index (χ4n) is 3.62. The highest BCUT2D eigenvalue weighted by Gasteiger charge is 2.38. The van der Waals surface area contributed by atoms with Crippen LogP contribution in [0.4, 0.5) is 17.6 Å². The molecule has 0 bridgehead atoms. The molecule has 0 saturated carbocycles. The van der Waals surface area contributed by atoms with E-state index in [0.29, 0.717) is 13.1 Å². The van der Waals surface area contributed by atoms with Crippen LogP contribution in [0.15, 0.2) is 29.6 Å². The second-order valence-electron chi connectivity index (χ2n) is 6.58. The summed E-state index contributed by atoms with van der Waals surface area (Å²) in [5.74, 6) is -2.01. The number of fused-ring (bicyclic) bond motifs is 2. The summed E-state index contributed by atoms with van der Waals surface area (Å²) >= 11 is 6.34. The third kappa shape index (κ3) is 2.76. The molecular formula is C18H15ClF4N4O. The van der Waals surface area contributed by atoms with Gasteiger partial charge in [0.1, 0.15) is 11.0 Å². The van der Waals surface area contributed by atoms with Gasteiger partial charge in [0.25, 0.3) is 5.56 Å². The van der Waals surface area contributed by atoms with Crippen LogP contribution < -0.4 is 5.56 Å². The molecule has 2 aromatic heterocycles. The highest BCUT2D eigenvalue weighted by molar-refractivity contribution is 6.32. The first-order chi connectivity index (χ1) is 13.2. The average Bonchev–Trinajstić information content (AvgIpc) is 3.11. The van der Waals surface area contributed by atoms with E-state index in [1.165, 1.54) is 16.8 Å². The Bertz CT molecular complexity index is 1160. The monoisotopic (exact) mass is 414 g/mol. The van der Waals surface area contributed by atoms with E-state index < -0.39 is 23.4 Å². The minimum atomic E-state index is -4.72. The van der Waals surface area contributed by atoms with Gasteiger partial charge in [-0.25, -0.2) is 14.1 Å². The fourth-order valence-corrected chi connectivity index (χ4v) is 3.98. The third-order valence-electron chi connectivity index (χ3n) is 4.83. The molecule has 0 atom stereocenters. The fraction of sp³-hybridized carbons (Fsp3) is 0.333. The van der Waals surface area contributed by atoms with Crippen LogP contribution in [0.2, 0.25) is 5.15 Å². The number of alkyl halides is 3. The highest BCUT2D eigenvalue weighted by atomic mass is 35.5. The molecule has 3 aromatic rings. The zero-order valence-electron chi connectivity index (χ0n) is 14.6. The van der Waals surface area contributed by atoms with Crippen molar-refractivity contribution in [2.45, 2.75) is 38.7 Å². The maximum Gasteiger partial charge on any atom is 0.449 e. The Morgan fingerprint density at radius 1 is 1.21 bits per heavy atom. The minimum Gasteiger partial charge on any atom is -0.316 e. The largest absolute Gasteiger partial charge is 0.449 e. The Morgan fingerprint density at radius 2 is 1.89 bits per heavy atom. The van der Waals surface area contributed by atoms with Crippen molar-refractivity contribution >= 4 is 22.6 Å². The summed E-state index contributed by atoms with van der Waals surface area (Å²) in [5, 5.41) is 0.0776. The number of hydrogen-bond donors (Lipinski definition) is 0. The summed E-state index contributed by atoms with van der Waals surface area (Å²) in [6, 6.07) is 2.10. The van der Waals surface area contributed by atoms with Crippen LogP contribution in [-0.4, -0.2) is 18.9 Å². The van der Waals surface area contributed by atoms with Crippen LogP contribution in [0.25, 0.3) is 22.2 Å². The Labute approximate surface area is 161 Å². The molecule has 0 radical (unpaired) electrons. The van der Waals surface area contributed by atoms with E-state index in [1.807, 2.05) is 0 Å². The van der Waals surface area contributed by atoms with Gasteiger partial charge < -0.3 is 4.57 Å². The lowest BCUT2D eigenvalue weighted by atomic mass is 10.1. The molecule has 28 heavy (non-hydrogen) atoms. The molecule has 148 valence electrons. The van der Waals surface area contributed by atoms with Crippen molar-refractivity contribution in [3.05, 3.63) is 51.9 Å². The molecule has 1 aliphatic rings. The van der Waals surface area contributed by atoms with Crippen molar-refractivity contribution in [2.24, 2.45) is 0 Å². The molecule has 1 aromatic carbocycles. The SMILES string of the molecule is C=CCn1c(C(F)(F)F)nc2cc(F)c(-c3c(Cl)n4n(c3=O)CCCC4)cc21.